The van der Waals surface area contributed by atoms with Crippen molar-refractivity contribution in [1.82, 2.24) is 15.0 Å². The van der Waals surface area contributed by atoms with E-state index in [2.05, 4.69) is 17.2 Å². The van der Waals surface area contributed by atoms with E-state index in [9.17, 15) is 19.2 Å². The van der Waals surface area contributed by atoms with Gasteiger partial charge in [0.15, 0.2) is 0 Å². The lowest BCUT2D eigenvalue weighted by Gasteiger charge is -2.24. The zero-order valence-electron chi connectivity index (χ0n) is 35.2. The number of carbonyl (C=O) groups excluding carboxylic acids is 4. The molecule has 0 spiro atoms. The van der Waals surface area contributed by atoms with Crippen molar-refractivity contribution in [2.45, 2.75) is 126 Å². The second-order valence-electron chi connectivity index (χ2n) is 14.0. The van der Waals surface area contributed by atoms with Crippen LogP contribution in [0.3, 0.4) is 0 Å². The lowest BCUT2D eigenvalue weighted by molar-refractivity contribution is -0.290. The molecule has 56 heavy (non-hydrogen) atoms. The van der Waals surface area contributed by atoms with Crippen LogP contribution in [-0.2, 0) is 73.6 Å². The molecule has 1 aromatic rings. The fraction of sp³-hybridized carbons (Fsp3) is 0.846. The van der Waals surface area contributed by atoms with Crippen LogP contribution < -0.4 is 0 Å². The third-order valence-electron chi connectivity index (χ3n) is 9.17. The first-order chi connectivity index (χ1) is 26.9. The molecule has 17 nitrogen and oxygen atoms in total. The fourth-order valence-electron chi connectivity index (χ4n) is 4.23. The second-order valence-corrected chi connectivity index (χ2v) is 14.0. The number of carbonyl (C=O) groups is 4. The number of aromatic nitrogens is 3. The summed E-state index contributed by atoms with van der Waals surface area (Å²) in [5.41, 5.74) is 0.802. The van der Waals surface area contributed by atoms with Crippen molar-refractivity contribution < 1.29 is 67.1 Å². The van der Waals surface area contributed by atoms with Gasteiger partial charge in [0.2, 0.25) is 0 Å². The highest BCUT2D eigenvalue weighted by molar-refractivity contribution is 5.72. The van der Waals surface area contributed by atoms with Gasteiger partial charge in [-0.3, -0.25) is 19.4 Å². The van der Waals surface area contributed by atoms with Crippen molar-refractivity contribution in [2.75, 3.05) is 66.1 Å². The number of hydrogen-bond donors (Lipinski definition) is 0. The number of rotatable bonds is 34. The molecular formula is C39H69N3O14. The molecule has 17 heteroatoms. The van der Waals surface area contributed by atoms with Crippen LogP contribution in [0.4, 0.5) is 0 Å². The fourth-order valence-corrected chi connectivity index (χ4v) is 4.23. The van der Waals surface area contributed by atoms with Crippen molar-refractivity contribution in [3.05, 3.63) is 11.9 Å². The lowest BCUT2D eigenvalue weighted by atomic mass is 10.1. The van der Waals surface area contributed by atoms with Gasteiger partial charge in [0.05, 0.1) is 69.0 Å². The van der Waals surface area contributed by atoms with Crippen LogP contribution >= 0.6 is 0 Å². The maximum Gasteiger partial charge on any atom is 0.345 e. The minimum Gasteiger partial charge on any atom is -0.463 e. The van der Waals surface area contributed by atoms with E-state index in [0.717, 1.165) is 25.0 Å². The van der Waals surface area contributed by atoms with Crippen LogP contribution in [0.15, 0.2) is 6.20 Å². The second kappa shape index (κ2) is 30.9. The van der Waals surface area contributed by atoms with Gasteiger partial charge in [-0.25, -0.2) is 14.3 Å². The first-order valence-electron chi connectivity index (χ1n) is 20.2. The largest absolute Gasteiger partial charge is 0.463 e. The minimum atomic E-state index is -0.712. The summed E-state index contributed by atoms with van der Waals surface area (Å²) in [6.07, 6.45) is 5.58. The third kappa shape index (κ3) is 21.9. The van der Waals surface area contributed by atoms with Crippen molar-refractivity contribution in [2.24, 2.45) is 23.7 Å². The number of hydrogen-bond acceptors (Lipinski definition) is 16. The molecule has 1 heterocycles. The highest BCUT2D eigenvalue weighted by Crippen LogP contribution is 2.14. The lowest BCUT2D eigenvalue weighted by Crippen LogP contribution is -2.34. The monoisotopic (exact) mass is 803 g/mol. The Kier molecular flexibility index (Phi) is 28.0. The summed E-state index contributed by atoms with van der Waals surface area (Å²) in [6.45, 7) is 16.9. The van der Waals surface area contributed by atoms with Crippen molar-refractivity contribution in [3.8, 4) is 0 Å². The van der Waals surface area contributed by atoms with Crippen molar-refractivity contribution >= 4 is 23.9 Å². The molecule has 0 fully saturated rings. The molecule has 0 bridgehead atoms. The van der Waals surface area contributed by atoms with Crippen LogP contribution in [0, 0.1) is 23.7 Å². The van der Waals surface area contributed by atoms with Gasteiger partial charge in [-0.2, -0.15) is 9.78 Å². The molecule has 0 saturated heterocycles. The molecule has 0 saturated carbocycles. The van der Waals surface area contributed by atoms with Gasteiger partial charge in [0.25, 0.3) is 0 Å². The van der Waals surface area contributed by atoms with E-state index >= 15 is 0 Å². The Labute approximate surface area is 332 Å². The number of ether oxygens (including phenoxy) is 6. The maximum absolute atomic E-state index is 12.2. The van der Waals surface area contributed by atoms with E-state index < -0.39 is 30.2 Å². The van der Waals surface area contributed by atoms with E-state index in [1.54, 1.807) is 32.4 Å². The molecule has 1 rings (SSSR count). The first kappa shape index (κ1) is 50.8. The summed E-state index contributed by atoms with van der Waals surface area (Å²) in [5.74, 6) is -2.73. The molecule has 0 amide bonds. The zero-order valence-corrected chi connectivity index (χ0v) is 35.2. The Bertz CT molecular complexity index is 1150. The van der Waals surface area contributed by atoms with Gasteiger partial charge >= 0.3 is 23.9 Å². The number of unbranched alkanes of at least 4 members (excludes halogenated alkanes) is 1. The number of esters is 2. The van der Waals surface area contributed by atoms with Gasteiger partial charge in [-0.1, -0.05) is 73.9 Å². The van der Waals surface area contributed by atoms with E-state index in [1.165, 1.54) is 0 Å². The Hall–Kier alpha value is -3.22. The topological polar surface area (TPSA) is 191 Å². The Morgan fingerprint density at radius 2 is 1.02 bits per heavy atom. The summed E-state index contributed by atoms with van der Waals surface area (Å²) >= 11 is 0. The molecular weight excluding hydrogens is 734 g/mol. The quantitative estimate of drug-likeness (QED) is 0.0383. The molecule has 1 aromatic heterocycles. The molecule has 0 aromatic carbocycles. The molecule has 0 aliphatic rings. The van der Waals surface area contributed by atoms with E-state index in [4.69, 9.17) is 48.0 Å². The van der Waals surface area contributed by atoms with Crippen molar-refractivity contribution in [3.63, 3.8) is 0 Å². The SMILES string of the molecule is CCCCc1cn(C(COC(COCCOC(=O)C(C)CC)COOC(=O)C(C)CC)COC(COCCOC(=O)C(C)CC)COOC(=O)C(C)CC)nn1. The Morgan fingerprint density at radius 1 is 0.589 bits per heavy atom. The summed E-state index contributed by atoms with van der Waals surface area (Å²) in [5, 5.41) is 8.67. The van der Waals surface area contributed by atoms with E-state index in [0.29, 0.717) is 25.7 Å². The normalized spacial score (nSPS) is 15.2. The molecule has 0 N–H and O–H groups in total. The summed E-state index contributed by atoms with van der Waals surface area (Å²) < 4.78 is 36.2. The maximum atomic E-state index is 12.2. The average Bonchev–Trinajstić information content (AvgIpc) is 3.68. The van der Waals surface area contributed by atoms with E-state index in [1.807, 2.05) is 33.9 Å². The molecule has 0 aliphatic heterocycles. The van der Waals surface area contributed by atoms with Crippen LogP contribution in [0.1, 0.15) is 113 Å². The zero-order chi connectivity index (χ0) is 41.7. The van der Waals surface area contributed by atoms with Crippen LogP contribution in [0.25, 0.3) is 0 Å². The minimum absolute atomic E-state index is 0.0297. The molecule has 324 valence electrons. The Balaban J connectivity index is 3.08. The molecule has 6 unspecified atom stereocenters. The third-order valence-corrected chi connectivity index (χ3v) is 9.17. The predicted octanol–water partition coefficient (Wildman–Crippen LogP) is 5.19. The van der Waals surface area contributed by atoms with Gasteiger partial charge in [-0.15, -0.1) is 5.10 Å². The molecule has 0 radical (unpaired) electrons. The van der Waals surface area contributed by atoms with Crippen LogP contribution in [-0.4, -0.2) is 117 Å². The highest BCUT2D eigenvalue weighted by atomic mass is 17.2. The predicted molar refractivity (Wildman–Crippen MR) is 203 cm³/mol. The molecule has 6 atom stereocenters. The standard InChI is InChI=1S/C39H69N3O14/c1-10-15-16-32-21-42(41-40-32)33(22-51-34(26-53-55-38(45)30(8)13-4)24-47-17-19-49-36(43)28(6)11-2)23-52-35(27-54-56-39(46)31(9)14-5)25-48-18-20-50-37(44)29(7)12-3/h21,28-31,33-35H,10-20,22-27H2,1-9H3. The first-order valence-corrected chi connectivity index (χ1v) is 20.2. The van der Waals surface area contributed by atoms with Gasteiger partial charge in [-0.05, 0) is 38.5 Å². The van der Waals surface area contributed by atoms with Crippen LogP contribution in [0.5, 0.6) is 0 Å². The van der Waals surface area contributed by atoms with E-state index in [-0.39, 0.29) is 102 Å². The van der Waals surface area contributed by atoms with Gasteiger partial charge in [0, 0.05) is 6.20 Å². The summed E-state index contributed by atoms with van der Waals surface area (Å²) in [7, 11) is 0. The molecule has 0 aliphatic carbocycles. The number of nitrogens with zero attached hydrogens (tertiary/aromatic N) is 3. The van der Waals surface area contributed by atoms with Gasteiger partial charge < -0.3 is 28.4 Å². The Morgan fingerprint density at radius 3 is 1.43 bits per heavy atom. The van der Waals surface area contributed by atoms with Gasteiger partial charge in [0.1, 0.15) is 44.7 Å². The average molecular weight is 804 g/mol. The number of aryl methyl sites for hydroxylation is 1. The smallest absolute Gasteiger partial charge is 0.345 e. The summed E-state index contributed by atoms with van der Waals surface area (Å²) in [6, 6.07) is -0.527. The highest BCUT2D eigenvalue weighted by Gasteiger charge is 2.24. The van der Waals surface area contributed by atoms with Crippen molar-refractivity contribution in [1.29, 1.82) is 0 Å². The summed E-state index contributed by atoms with van der Waals surface area (Å²) in [4.78, 5) is 69.2. The van der Waals surface area contributed by atoms with Crippen LogP contribution in [0.2, 0.25) is 0 Å².